The number of halogens is 1. The van der Waals surface area contributed by atoms with E-state index in [9.17, 15) is 4.79 Å². The number of rotatable bonds is 2. The monoisotopic (exact) mass is 368 g/mol. The van der Waals surface area contributed by atoms with E-state index >= 15 is 0 Å². The minimum atomic E-state index is 0.0347. The molecule has 1 heterocycles. The molecule has 0 unspecified atom stereocenters. The molecule has 100 valence electrons. The number of aromatic nitrogens is 2. The predicted molar refractivity (Wildman–Crippen MR) is 85.7 cm³/mol. The first-order valence-corrected chi connectivity index (χ1v) is 7.26. The summed E-state index contributed by atoms with van der Waals surface area (Å²) in [4.78, 5) is 16.5. The molecule has 19 heavy (non-hydrogen) atoms. The second kappa shape index (κ2) is 5.45. The molecule has 0 fully saturated rings. The van der Waals surface area contributed by atoms with Crippen molar-refractivity contribution < 1.29 is 0 Å². The Labute approximate surface area is 126 Å². The molecule has 0 N–H and O–H groups in total. The molecule has 0 amide bonds. The Hall–Kier alpha value is -1.17. The van der Waals surface area contributed by atoms with Gasteiger partial charge in [-0.3, -0.25) is 9.36 Å². The van der Waals surface area contributed by atoms with E-state index in [0.29, 0.717) is 10.1 Å². The summed E-state index contributed by atoms with van der Waals surface area (Å²) in [6.45, 7) is 8.74. The van der Waals surface area contributed by atoms with Crippen LogP contribution in [0.2, 0.25) is 0 Å². The minimum Gasteiger partial charge on any atom is -0.291 e. The van der Waals surface area contributed by atoms with Crippen molar-refractivity contribution in [3.63, 3.8) is 0 Å². The molecule has 0 radical (unpaired) electrons. The van der Waals surface area contributed by atoms with Crippen LogP contribution in [0.15, 0.2) is 23.1 Å². The first-order chi connectivity index (χ1) is 8.90. The number of hydrogen-bond donors (Lipinski definition) is 0. The summed E-state index contributed by atoms with van der Waals surface area (Å²) in [7, 11) is 0. The number of hydrogen-bond acceptors (Lipinski definition) is 2. The lowest BCUT2D eigenvalue weighted by molar-refractivity contribution is 0.689. The number of aryl methyl sites for hydroxylation is 4. The van der Waals surface area contributed by atoms with Gasteiger partial charge in [-0.15, -0.1) is 0 Å². The van der Waals surface area contributed by atoms with E-state index in [1.54, 1.807) is 10.8 Å². The van der Waals surface area contributed by atoms with E-state index in [-0.39, 0.29) is 5.56 Å². The van der Waals surface area contributed by atoms with Crippen LogP contribution in [-0.4, -0.2) is 9.55 Å². The van der Waals surface area contributed by atoms with E-state index in [1.807, 2.05) is 29.5 Å². The lowest BCUT2D eigenvalue weighted by atomic mass is 10.00. The first-order valence-electron chi connectivity index (χ1n) is 6.19. The zero-order chi connectivity index (χ0) is 14.2. The fourth-order valence-corrected chi connectivity index (χ4v) is 2.78. The maximum absolute atomic E-state index is 12.2. The fourth-order valence-electron chi connectivity index (χ4n) is 2.35. The third-order valence-electron chi connectivity index (χ3n) is 3.36. The topological polar surface area (TPSA) is 34.9 Å². The second-order valence-corrected chi connectivity index (χ2v) is 6.08. The lowest BCUT2D eigenvalue weighted by Gasteiger charge is -2.14. The molecule has 1 aromatic carbocycles. The van der Waals surface area contributed by atoms with Crippen molar-refractivity contribution in [2.75, 3.05) is 0 Å². The molecule has 0 aliphatic carbocycles. The molecule has 4 heteroatoms. The summed E-state index contributed by atoms with van der Waals surface area (Å²) >= 11 is 2.04. The molecule has 0 saturated carbocycles. The third-order valence-corrected chi connectivity index (χ3v) is 4.10. The van der Waals surface area contributed by atoms with Crippen molar-refractivity contribution in [1.29, 1.82) is 0 Å². The van der Waals surface area contributed by atoms with E-state index in [1.165, 1.54) is 22.3 Å². The normalized spacial score (nSPS) is 10.8. The van der Waals surface area contributed by atoms with Gasteiger partial charge in [0.1, 0.15) is 5.82 Å². The quantitative estimate of drug-likeness (QED) is 0.764. The van der Waals surface area contributed by atoms with E-state index in [4.69, 9.17) is 0 Å². The zero-order valence-electron chi connectivity index (χ0n) is 11.6. The van der Waals surface area contributed by atoms with Crippen LogP contribution in [0.1, 0.15) is 28.1 Å². The van der Waals surface area contributed by atoms with Crippen LogP contribution in [-0.2, 0) is 6.54 Å². The number of nitrogens with zero attached hydrogens (tertiary/aromatic N) is 2. The zero-order valence-corrected chi connectivity index (χ0v) is 13.8. The molecule has 0 aliphatic rings. The maximum Gasteiger partial charge on any atom is 0.267 e. The van der Waals surface area contributed by atoms with Crippen molar-refractivity contribution in [3.8, 4) is 0 Å². The summed E-state index contributed by atoms with van der Waals surface area (Å²) in [5, 5.41) is 0. The Morgan fingerprint density at radius 1 is 1.16 bits per heavy atom. The number of benzene rings is 1. The maximum atomic E-state index is 12.2. The van der Waals surface area contributed by atoms with Gasteiger partial charge >= 0.3 is 0 Å². The summed E-state index contributed by atoms with van der Waals surface area (Å²) < 4.78 is 2.40. The molecule has 0 aliphatic heterocycles. The van der Waals surface area contributed by atoms with E-state index < -0.39 is 0 Å². The lowest BCUT2D eigenvalue weighted by Crippen LogP contribution is -2.26. The Morgan fingerprint density at radius 2 is 1.74 bits per heavy atom. The molecule has 2 rings (SSSR count). The van der Waals surface area contributed by atoms with Gasteiger partial charge in [0.2, 0.25) is 0 Å². The van der Waals surface area contributed by atoms with Gasteiger partial charge in [0.05, 0.1) is 10.1 Å². The molecule has 0 saturated heterocycles. The smallest absolute Gasteiger partial charge is 0.267 e. The molecular weight excluding hydrogens is 351 g/mol. The molecular formula is C15H17IN2O. The van der Waals surface area contributed by atoms with Crippen molar-refractivity contribution in [2.24, 2.45) is 0 Å². The molecule has 2 aromatic rings. The summed E-state index contributed by atoms with van der Waals surface area (Å²) in [6.07, 6.45) is 1.63. The molecule has 1 aromatic heterocycles. The van der Waals surface area contributed by atoms with Gasteiger partial charge in [-0.2, -0.15) is 0 Å². The van der Waals surface area contributed by atoms with Crippen LogP contribution < -0.4 is 5.56 Å². The highest BCUT2D eigenvalue weighted by atomic mass is 127. The Bertz CT molecular complexity index is 666. The summed E-state index contributed by atoms with van der Waals surface area (Å²) in [6, 6.07) is 4.31. The first kappa shape index (κ1) is 14.2. The molecule has 3 nitrogen and oxygen atoms in total. The van der Waals surface area contributed by atoms with Gasteiger partial charge in [0, 0.05) is 6.20 Å². The largest absolute Gasteiger partial charge is 0.291 e. The van der Waals surface area contributed by atoms with Crippen molar-refractivity contribution in [3.05, 3.63) is 60.3 Å². The van der Waals surface area contributed by atoms with Crippen LogP contribution in [0.5, 0.6) is 0 Å². The fraction of sp³-hybridized carbons (Fsp3) is 0.333. The third kappa shape index (κ3) is 2.88. The Balaban J connectivity index is 2.54. The van der Waals surface area contributed by atoms with Crippen LogP contribution >= 0.6 is 22.6 Å². The molecule has 0 bridgehead atoms. The van der Waals surface area contributed by atoms with E-state index in [0.717, 1.165) is 5.82 Å². The highest BCUT2D eigenvalue weighted by Gasteiger charge is 2.10. The van der Waals surface area contributed by atoms with E-state index in [2.05, 4.69) is 37.9 Å². The standard InChI is InChI=1S/C15H17IN2O/c1-9-5-10(2)13(11(3)6-9)8-18-12(4)17-7-14(16)15(18)19/h5-7H,8H2,1-4H3. The van der Waals surface area contributed by atoms with Gasteiger partial charge in [-0.05, 0) is 67.0 Å². The van der Waals surface area contributed by atoms with Crippen LogP contribution in [0.4, 0.5) is 0 Å². The highest BCUT2D eigenvalue weighted by Crippen LogP contribution is 2.17. The van der Waals surface area contributed by atoms with Crippen LogP contribution in [0.25, 0.3) is 0 Å². The highest BCUT2D eigenvalue weighted by molar-refractivity contribution is 14.1. The average Bonchev–Trinajstić information content (AvgIpc) is 2.32. The van der Waals surface area contributed by atoms with Gasteiger partial charge < -0.3 is 0 Å². The summed E-state index contributed by atoms with van der Waals surface area (Å²) in [5.41, 5.74) is 4.95. The van der Waals surface area contributed by atoms with Crippen LogP contribution in [0, 0.1) is 31.3 Å². The summed E-state index contributed by atoms with van der Waals surface area (Å²) in [5.74, 6) is 0.754. The van der Waals surface area contributed by atoms with Crippen molar-refractivity contribution >= 4 is 22.6 Å². The van der Waals surface area contributed by atoms with Gasteiger partial charge in [-0.25, -0.2) is 4.98 Å². The second-order valence-electron chi connectivity index (χ2n) is 4.92. The van der Waals surface area contributed by atoms with Crippen molar-refractivity contribution in [1.82, 2.24) is 9.55 Å². The van der Waals surface area contributed by atoms with Crippen LogP contribution in [0.3, 0.4) is 0 Å². The van der Waals surface area contributed by atoms with Gasteiger partial charge in [-0.1, -0.05) is 17.7 Å². The predicted octanol–water partition coefficient (Wildman–Crippen LogP) is 3.13. The Morgan fingerprint density at radius 3 is 2.32 bits per heavy atom. The Kier molecular flexibility index (Phi) is 4.08. The molecule has 0 spiro atoms. The molecule has 0 atom stereocenters. The minimum absolute atomic E-state index is 0.0347. The average molecular weight is 368 g/mol. The van der Waals surface area contributed by atoms with Crippen molar-refractivity contribution in [2.45, 2.75) is 34.2 Å². The SMILES string of the molecule is Cc1cc(C)c(Cn2c(C)ncc(I)c2=O)c(C)c1. The van der Waals surface area contributed by atoms with Gasteiger partial charge in [0.15, 0.2) is 0 Å². The van der Waals surface area contributed by atoms with Gasteiger partial charge in [0.25, 0.3) is 5.56 Å².